The molecule has 0 unspecified atom stereocenters. The summed E-state index contributed by atoms with van der Waals surface area (Å²) in [5.74, 6) is -0.721. The van der Waals surface area contributed by atoms with Gasteiger partial charge in [0.15, 0.2) is 6.61 Å². The molecule has 0 radical (unpaired) electrons. The molecular weight excluding hydrogens is 280 g/mol. The van der Waals surface area contributed by atoms with Crippen LogP contribution in [-0.4, -0.2) is 12.8 Å². The highest BCUT2D eigenvalue weighted by Crippen LogP contribution is 2.24. The van der Waals surface area contributed by atoms with Gasteiger partial charge in [0.05, 0.1) is 0 Å². The van der Waals surface area contributed by atoms with Gasteiger partial charge in [-0.2, -0.15) is 13.2 Å². The van der Waals surface area contributed by atoms with E-state index in [0.717, 1.165) is 12.1 Å². The van der Waals surface area contributed by atoms with E-state index in [4.69, 9.17) is 0 Å². The largest absolute Gasteiger partial charge is 0.484 e. The van der Waals surface area contributed by atoms with E-state index in [2.05, 4.69) is 20.7 Å². The van der Waals surface area contributed by atoms with Gasteiger partial charge in [-0.25, -0.2) is 4.39 Å². The first kappa shape index (κ1) is 12.3. The maximum atomic E-state index is 12.7. The van der Waals surface area contributed by atoms with Crippen molar-refractivity contribution in [1.29, 1.82) is 0 Å². The first-order valence-corrected chi connectivity index (χ1v) is 5.08. The number of rotatable bonds is 3. The summed E-state index contributed by atoms with van der Waals surface area (Å²) in [5, 5.41) is 0.306. The Morgan fingerprint density at radius 2 is 1.93 bits per heavy atom. The SMILES string of the molecule is Fc1ccc(CBr)c(OCC(F)(F)F)c1. The average molecular weight is 287 g/mol. The molecular formula is C9H7BrF4O. The second-order valence-electron chi connectivity index (χ2n) is 2.79. The molecule has 0 bridgehead atoms. The van der Waals surface area contributed by atoms with Gasteiger partial charge >= 0.3 is 6.18 Å². The number of benzene rings is 1. The van der Waals surface area contributed by atoms with Crippen LogP contribution in [0.25, 0.3) is 0 Å². The molecule has 0 saturated heterocycles. The van der Waals surface area contributed by atoms with Crippen molar-refractivity contribution in [3.8, 4) is 5.75 Å². The topological polar surface area (TPSA) is 9.23 Å². The molecule has 1 aromatic rings. The second-order valence-corrected chi connectivity index (χ2v) is 3.35. The molecule has 1 nitrogen and oxygen atoms in total. The Morgan fingerprint density at radius 3 is 2.47 bits per heavy atom. The molecule has 0 amide bonds. The predicted molar refractivity (Wildman–Crippen MR) is 50.6 cm³/mol. The molecule has 0 saturated carbocycles. The zero-order chi connectivity index (χ0) is 11.5. The first-order valence-electron chi connectivity index (χ1n) is 3.96. The third kappa shape index (κ3) is 4.07. The number of hydrogen-bond donors (Lipinski definition) is 0. The van der Waals surface area contributed by atoms with Gasteiger partial charge in [-0.05, 0) is 6.07 Å². The molecule has 0 N–H and O–H groups in total. The molecule has 0 fully saturated rings. The van der Waals surface area contributed by atoms with Gasteiger partial charge in [0, 0.05) is 17.0 Å². The van der Waals surface area contributed by atoms with Crippen molar-refractivity contribution in [1.82, 2.24) is 0 Å². The van der Waals surface area contributed by atoms with Crippen molar-refractivity contribution in [3.63, 3.8) is 0 Å². The summed E-state index contributed by atoms with van der Waals surface area (Å²) >= 11 is 3.07. The van der Waals surface area contributed by atoms with Crippen LogP contribution in [-0.2, 0) is 5.33 Å². The summed E-state index contributed by atoms with van der Waals surface area (Å²) in [6, 6.07) is 3.47. The van der Waals surface area contributed by atoms with Crippen LogP contribution in [0.15, 0.2) is 18.2 Å². The molecule has 0 aliphatic rings. The molecule has 0 heterocycles. The summed E-state index contributed by atoms with van der Waals surface area (Å²) in [6.45, 7) is -1.42. The van der Waals surface area contributed by atoms with Gasteiger partial charge in [0.25, 0.3) is 0 Å². The maximum absolute atomic E-state index is 12.7. The average Bonchev–Trinajstić information content (AvgIpc) is 2.14. The molecule has 0 atom stereocenters. The molecule has 1 aromatic carbocycles. The quantitative estimate of drug-likeness (QED) is 0.609. The molecule has 0 spiro atoms. The summed E-state index contributed by atoms with van der Waals surface area (Å²) in [4.78, 5) is 0. The van der Waals surface area contributed by atoms with E-state index in [-0.39, 0.29) is 5.75 Å². The van der Waals surface area contributed by atoms with Crippen LogP contribution in [0.1, 0.15) is 5.56 Å². The van der Waals surface area contributed by atoms with Gasteiger partial charge in [-0.3, -0.25) is 0 Å². The maximum Gasteiger partial charge on any atom is 0.422 e. The Kier molecular flexibility index (Phi) is 3.96. The minimum absolute atomic E-state index is 0.0933. The Bertz CT molecular complexity index is 337. The van der Waals surface area contributed by atoms with Gasteiger partial charge in [0.1, 0.15) is 11.6 Å². The molecule has 84 valence electrons. The normalized spacial score (nSPS) is 11.5. The van der Waals surface area contributed by atoms with E-state index < -0.39 is 18.6 Å². The van der Waals surface area contributed by atoms with E-state index in [1.165, 1.54) is 6.07 Å². The zero-order valence-electron chi connectivity index (χ0n) is 7.44. The van der Waals surface area contributed by atoms with E-state index in [1.807, 2.05) is 0 Å². The lowest BCUT2D eigenvalue weighted by Gasteiger charge is -2.11. The smallest absolute Gasteiger partial charge is 0.422 e. The first-order chi connectivity index (χ1) is 6.92. The molecule has 1 rings (SSSR count). The van der Waals surface area contributed by atoms with Crippen molar-refractivity contribution in [2.24, 2.45) is 0 Å². The molecule has 0 aromatic heterocycles. The number of ether oxygens (including phenoxy) is 1. The van der Waals surface area contributed by atoms with E-state index in [1.54, 1.807) is 0 Å². The Balaban J connectivity index is 2.79. The van der Waals surface area contributed by atoms with Crippen LogP contribution in [0.2, 0.25) is 0 Å². The van der Waals surface area contributed by atoms with E-state index >= 15 is 0 Å². The van der Waals surface area contributed by atoms with Gasteiger partial charge in [-0.1, -0.05) is 22.0 Å². The van der Waals surface area contributed by atoms with Gasteiger partial charge in [-0.15, -0.1) is 0 Å². The fourth-order valence-corrected chi connectivity index (χ4v) is 1.40. The highest BCUT2D eigenvalue weighted by Gasteiger charge is 2.28. The van der Waals surface area contributed by atoms with Crippen LogP contribution in [0, 0.1) is 5.82 Å². The third-order valence-corrected chi connectivity index (χ3v) is 2.17. The molecule has 0 aliphatic carbocycles. The van der Waals surface area contributed by atoms with Crippen molar-refractivity contribution < 1.29 is 22.3 Å². The van der Waals surface area contributed by atoms with Crippen molar-refractivity contribution in [2.75, 3.05) is 6.61 Å². The third-order valence-electron chi connectivity index (χ3n) is 1.56. The Morgan fingerprint density at radius 1 is 1.27 bits per heavy atom. The standard InChI is InChI=1S/C9H7BrF4O/c10-4-6-1-2-7(11)3-8(6)15-5-9(12,13)14/h1-3H,4-5H2. The number of alkyl halides is 4. The number of hydrogen-bond acceptors (Lipinski definition) is 1. The molecule has 6 heteroatoms. The van der Waals surface area contributed by atoms with Crippen molar-refractivity contribution in [3.05, 3.63) is 29.6 Å². The Labute approximate surface area is 92.2 Å². The fraction of sp³-hybridized carbons (Fsp3) is 0.333. The Hall–Kier alpha value is -0.780. The fourth-order valence-electron chi connectivity index (χ4n) is 0.933. The predicted octanol–water partition coefficient (Wildman–Crippen LogP) is 3.66. The molecule has 15 heavy (non-hydrogen) atoms. The van der Waals surface area contributed by atoms with Gasteiger partial charge < -0.3 is 4.74 Å². The van der Waals surface area contributed by atoms with E-state index in [0.29, 0.717) is 10.9 Å². The van der Waals surface area contributed by atoms with Crippen LogP contribution >= 0.6 is 15.9 Å². The lowest BCUT2D eigenvalue weighted by atomic mass is 10.2. The van der Waals surface area contributed by atoms with Crippen molar-refractivity contribution >= 4 is 15.9 Å². The molecule has 0 aliphatic heterocycles. The summed E-state index contributed by atoms with van der Waals surface area (Å²) < 4.78 is 52.7. The van der Waals surface area contributed by atoms with Crippen LogP contribution in [0.5, 0.6) is 5.75 Å². The minimum Gasteiger partial charge on any atom is -0.484 e. The lowest BCUT2D eigenvalue weighted by molar-refractivity contribution is -0.153. The van der Waals surface area contributed by atoms with Crippen LogP contribution in [0.4, 0.5) is 17.6 Å². The minimum atomic E-state index is -4.42. The monoisotopic (exact) mass is 286 g/mol. The second kappa shape index (κ2) is 4.83. The summed E-state index contributed by atoms with van der Waals surface area (Å²) in [6.07, 6.45) is -4.42. The van der Waals surface area contributed by atoms with Crippen LogP contribution < -0.4 is 4.74 Å². The highest BCUT2D eigenvalue weighted by atomic mass is 79.9. The summed E-state index contributed by atoms with van der Waals surface area (Å²) in [5.41, 5.74) is 0.473. The van der Waals surface area contributed by atoms with E-state index in [9.17, 15) is 17.6 Å². The highest BCUT2D eigenvalue weighted by molar-refractivity contribution is 9.08. The van der Waals surface area contributed by atoms with Crippen LogP contribution in [0.3, 0.4) is 0 Å². The zero-order valence-corrected chi connectivity index (χ0v) is 9.03. The van der Waals surface area contributed by atoms with Crippen molar-refractivity contribution in [2.45, 2.75) is 11.5 Å². The summed E-state index contributed by atoms with van der Waals surface area (Å²) in [7, 11) is 0. The lowest BCUT2D eigenvalue weighted by Crippen LogP contribution is -2.19. The number of halogens is 5. The van der Waals surface area contributed by atoms with Gasteiger partial charge in [0.2, 0.25) is 0 Å².